The zero-order valence-corrected chi connectivity index (χ0v) is 12.5. The fourth-order valence-corrected chi connectivity index (χ4v) is 4.82. The topological polar surface area (TPSA) is 86.2 Å². The normalized spacial score (nSPS) is 31.3. The monoisotopic (exact) mass is 332 g/mol. The fraction of sp³-hybridized carbons (Fsp3) is 0.500. The van der Waals surface area contributed by atoms with Crippen LogP contribution in [-0.2, 0) is 9.84 Å². The van der Waals surface area contributed by atoms with Crippen LogP contribution >= 0.6 is 15.9 Å². The van der Waals surface area contributed by atoms with Crippen molar-refractivity contribution in [2.75, 3.05) is 12.3 Å². The van der Waals surface area contributed by atoms with Crippen LogP contribution in [-0.4, -0.2) is 31.5 Å². The van der Waals surface area contributed by atoms with Gasteiger partial charge in [-0.1, -0.05) is 35.0 Å². The van der Waals surface area contributed by atoms with Crippen molar-refractivity contribution in [3.05, 3.63) is 34.3 Å². The van der Waals surface area contributed by atoms with E-state index in [1.165, 1.54) is 0 Å². The van der Waals surface area contributed by atoms with Gasteiger partial charge in [0.1, 0.15) is 0 Å². The average Bonchev–Trinajstić information content (AvgIpc) is 2.98. The van der Waals surface area contributed by atoms with Crippen molar-refractivity contribution in [3.63, 3.8) is 0 Å². The minimum absolute atomic E-state index is 0.101. The van der Waals surface area contributed by atoms with Gasteiger partial charge >= 0.3 is 0 Å². The maximum atomic E-state index is 12.0. The lowest BCUT2D eigenvalue weighted by Gasteiger charge is -2.07. The van der Waals surface area contributed by atoms with E-state index in [0.29, 0.717) is 0 Å². The Morgan fingerprint density at radius 1 is 1.33 bits per heavy atom. The molecule has 0 unspecified atom stereocenters. The molecule has 2 rings (SSSR count). The van der Waals surface area contributed by atoms with E-state index in [9.17, 15) is 8.42 Å². The molecule has 0 amide bonds. The van der Waals surface area contributed by atoms with Crippen LogP contribution in [0.3, 0.4) is 0 Å². The molecule has 0 bridgehead atoms. The van der Waals surface area contributed by atoms with Crippen LogP contribution in [0.15, 0.2) is 28.7 Å². The summed E-state index contributed by atoms with van der Waals surface area (Å²) >= 11 is 3.35. The van der Waals surface area contributed by atoms with Crippen LogP contribution in [0, 0.1) is 0 Å². The zero-order valence-electron chi connectivity index (χ0n) is 10.1. The molecule has 100 valence electrons. The van der Waals surface area contributed by atoms with Gasteiger partial charge in [0, 0.05) is 22.7 Å². The van der Waals surface area contributed by atoms with Crippen molar-refractivity contribution in [1.29, 1.82) is 0 Å². The van der Waals surface area contributed by atoms with E-state index in [2.05, 4.69) is 15.9 Å². The summed E-state index contributed by atoms with van der Waals surface area (Å²) in [6.45, 7) is 1.82. The molecule has 0 radical (unpaired) electrons. The predicted molar refractivity (Wildman–Crippen MR) is 76.1 cm³/mol. The Morgan fingerprint density at radius 2 is 1.89 bits per heavy atom. The highest BCUT2D eigenvalue weighted by Gasteiger charge is 2.67. The van der Waals surface area contributed by atoms with Crippen molar-refractivity contribution in [2.24, 2.45) is 11.5 Å². The first-order valence-corrected chi connectivity index (χ1v) is 8.33. The summed E-state index contributed by atoms with van der Waals surface area (Å²) in [7, 11) is -3.17. The highest BCUT2D eigenvalue weighted by Crippen LogP contribution is 2.53. The zero-order chi connectivity index (χ0) is 13.6. The lowest BCUT2D eigenvalue weighted by Crippen LogP contribution is -2.39. The Bertz CT molecular complexity index is 544. The molecule has 0 saturated heterocycles. The molecular weight excluding hydrogens is 316 g/mol. The van der Waals surface area contributed by atoms with Gasteiger partial charge in [-0.3, -0.25) is 0 Å². The number of nitrogens with two attached hydrogens (primary N) is 2. The quantitative estimate of drug-likeness (QED) is 0.861. The summed E-state index contributed by atoms with van der Waals surface area (Å²) in [6.07, 6.45) is 0. The summed E-state index contributed by atoms with van der Waals surface area (Å²) in [5.41, 5.74) is 11.9. The number of hydrogen-bond acceptors (Lipinski definition) is 4. The molecule has 4 nitrogen and oxygen atoms in total. The van der Waals surface area contributed by atoms with Gasteiger partial charge in [0.15, 0.2) is 9.84 Å². The van der Waals surface area contributed by atoms with Gasteiger partial charge in [0.05, 0.1) is 10.8 Å². The van der Waals surface area contributed by atoms with Gasteiger partial charge in [-0.05, 0) is 17.7 Å². The maximum Gasteiger partial charge on any atom is 0.155 e. The first kappa shape index (κ1) is 14.0. The van der Waals surface area contributed by atoms with Crippen molar-refractivity contribution < 1.29 is 8.42 Å². The standard InChI is InChI=1S/C12H17BrN2O2S/c1-2-18(16,17)11-10(12(11,15)7-14)8-3-5-9(13)6-4-8/h3-6,10-11H,2,7,14-15H2,1H3/t10-,11-,12-/m0/s1. The van der Waals surface area contributed by atoms with E-state index in [1.807, 2.05) is 24.3 Å². The van der Waals surface area contributed by atoms with E-state index >= 15 is 0 Å². The summed E-state index contributed by atoms with van der Waals surface area (Å²) in [6, 6.07) is 7.58. The van der Waals surface area contributed by atoms with E-state index in [4.69, 9.17) is 11.5 Å². The third-order valence-electron chi connectivity index (χ3n) is 3.67. The second-order valence-corrected chi connectivity index (χ2v) is 8.04. The molecule has 1 saturated carbocycles. The van der Waals surface area contributed by atoms with Gasteiger partial charge in [-0.25, -0.2) is 8.42 Å². The smallest absolute Gasteiger partial charge is 0.155 e. The Morgan fingerprint density at radius 3 is 2.33 bits per heavy atom. The second kappa shape index (κ2) is 4.59. The highest BCUT2D eigenvalue weighted by atomic mass is 79.9. The minimum Gasteiger partial charge on any atom is -0.329 e. The lowest BCUT2D eigenvalue weighted by molar-refractivity contribution is 0.587. The SMILES string of the molecule is CCS(=O)(=O)[C@H]1[C@H](c2ccc(Br)cc2)[C@@]1(N)CN. The van der Waals surface area contributed by atoms with Crippen LogP contribution in [0.25, 0.3) is 0 Å². The molecule has 1 aromatic carbocycles. The molecule has 1 aromatic rings. The van der Waals surface area contributed by atoms with Gasteiger partial charge in [-0.2, -0.15) is 0 Å². The molecule has 0 heterocycles. The molecule has 18 heavy (non-hydrogen) atoms. The van der Waals surface area contributed by atoms with Crippen molar-refractivity contribution in [3.8, 4) is 0 Å². The molecule has 6 heteroatoms. The van der Waals surface area contributed by atoms with Crippen LogP contribution in [0.1, 0.15) is 18.4 Å². The molecular formula is C12H17BrN2O2S. The van der Waals surface area contributed by atoms with E-state index in [-0.39, 0.29) is 18.2 Å². The third kappa shape index (κ3) is 2.11. The Kier molecular flexibility index (Phi) is 3.57. The van der Waals surface area contributed by atoms with E-state index in [1.54, 1.807) is 6.92 Å². The number of rotatable bonds is 4. The molecule has 4 N–H and O–H groups in total. The Hall–Kier alpha value is -0.430. The molecule has 3 atom stereocenters. The third-order valence-corrected chi connectivity index (χ3v) is 6.49. The summed E-state index contributed by atoms with van der Waals surface area (Å²) in [4.78, 5) is 0. The van der Waals surface area contributed by atoms with Gasteiger partial charge in [0.2, 0.25) is 0 Å². The van der Waals surface area contributed by atoms with Gasteiger partial charge in [0.25, 0.3) is 0 Å². The summed E-state index contributed by atoms with van der Waals surface area (Å²) in [5, 5.41) is -0.554. The lowest BCUT2D eigenvalue weighted by atomic mass is 10.1. The largest absolute Gasteiger partial charge is 0.329 e. The predicted octanol–water partition coefficient (Wildman–Crippen LogP) is 1.01. The highest BCUT2D eigenvalue weighted by molar-refractivity contribution is 9.10. The second-order valence-electron chi connectivity index (χ2n) is 4.72. The average molecular weight is 333 g/mol. The molecule has 0 aromatic heterocycles. The maximum absolute atomic E-state index is 12.0. The van der Waals surface area contributed by atoms with Crippen molar-refractivity contribution >= 4 is 25.8 Å². The molecule has 1 aliphatic rings. The van der Waals surface area contributed by atoms with Crippen LogP contribution < -0.4 is 11.5 Å². The number of halogens is 1. The first-order chi connectivity index (χ1) is 8.36. The van der Waals surface area contributed by atoms with Gasteiger partial charge < -0.3 is 11.5 Å². The molecule has 1 aliphatic carbocycles. The first-order valence-electron chi connectivity index (χ1n) is 5.83. The Labute approximate surface area is 116 Å². The van der Waals surface area contributed by atoms with E-state index < -0.39 is 20.6 Å². The van der Waals surface area contributed by atoms with Crippen molar-refractivity contribution in [1.82, 2.24) is 0 Å². The van der Waals surface area contributed by atoms with Gasteiger partial charge in [-0.15, -0.1) is 0 Å². The molecule has 0 spiro atoms. The summed E-state index contributed by atoms with van der Waals surface area (Å²) in [5.74, 6) is -0.0931. The van der Waals surface area contributed by atoms with Crippen LogP contribution in [0.5, 0.6) is 0 Å². The number of benzene rings is 1. The molecule has 0 aliphatic heterocycles. The van der Waals surface area contributed by atoms with Crippen LogP contribution in [0.2, 0.25) is 0 Å². The molecule has 1 fully saturated rings. The van der Waals surface area contributed by atoms with Crippen LogP contribution in [0.4, 0.5) is 0 Å². The number of sulfone groups is 1. The van der Waals surface area contributed by atoms with E-state index in [0.717, 1.165) is 10.0 Å². The Balaban J connectivity index is 2.37. The number of hydrogen-bond donors (Lipinski definition) is 2. The minimum atomic E-state index is -3.17. The fourth-order valence-electron chi connectivity index (χ4n) is 2.54. The van der Waals surface area contributed by atoms with Crippen molar-refractivity contribution in [2.45, 2.75) is 23.6 Å². The summed E-state index contributed by atoms with van der Waals surface area (Å²) < 4.78 is 25.0.